The zero-order valence-electron chi connectivity index (χ0n) is 8.79. The maximum atomic E-state index is 12.0. The summed E-state index contributed by atoms with van der Waals surface area (Å²) in [5.74, 6) is -0.191. The third-order valence-corrected chi connectivity index (χ3v) is 3.78. The maximum Gasteiger partial charge on any atom is 0.534 e. The monoisotopic (exact) mass is 272 g/mol. The first-order chi connectivity index (χ1) is 7.74. The number of hydrogen-bond donors (Lipinski definition) is 0. The van der Waals surface area contributed by atoms with Gasteiger partial charge in [0.25, 0.3) is 0 Å². The highest BCUT2D eigenvalue weighted by molar-refractivity contribution is 7.87. The molecule has 8 heteroatoms. The van der Waals surface area contributed by atoms with Gasteiger partial charge >= 0.3 is 15.6 Å². The summed E-state index contributed by atoms with van der Waals surface area (Å²) in [6.45, 7) is 0.538. The van der Waals surface area contributed by atoms with E-state index in [1.807, 2.05) is 0 Å². The lowest BCUT2D eigenvalue weighted by Crippen LogP contribution is -2.42. The molecule has 17 heavy (non-hydrogen) atoms. The minimum Gasteiger partial charge on any atom is -0.381 e. The molecule has 2 aliphatic rings. The molecule has 1 aliphatic heterocycles. The molecule has 1 spiro atoms. The summed E-state index contributed by atoms with van der Waals surface area (Å²) in [5, 5.41) is 0. The summed E-state index contributed by atoms with van der Waals surface area (Å²) < 4.78 is 66.8. The third-order valence-electron chi connectivity index (χ3n) is 2.78. The fourth-order valence-corrected chi connectivity index (χ4v) is 2.41. The van der Waals surface area contributed by atoms with Crippen LogP contribution < -0.4 is 0 Å². The smallest absolute Gasteiger partial charge is 0.381 e. The van der Waals surface area contributed by atoms with Crippen molar-refractivity contribution in [1.29, 1.82) is 0 Å². The van der Waals surface area contributed by atoms with Crippen LogP contribution in [0.5, 0.6) is 0 Å². The van der Waals surface area contributed by atoms with Gasteiger partial charge in [0.2, 0.25) is 0 Å². The predicted molar refractivity (Wildman–Crippen MR) is 51.3 cm³/mol. The van der Waals surface area contributed by atoms with Crippen LogP contribution in [0, 0.1) is 0 Å². The zero-order valence-corrected chi connectivity index (χ0v) is 9.60. The summed E-state index contributed by atoms with van der Waals surface area (Å²) in [6, 6.07) is 0. The van der Waals surface area contributed by atoms with Crippen molar-refractivity contribution in [2.24, 2.45) is 0 Å². The van der Waals surface area contributed by atoms with Crippen LogP contribution in [-0.4, -0.2) is 26.1 Å². The molecule has 98 valence electrons. The zero-order chi connectivity index (χ0) is 12.7. The first-order valence-electron chi connectivity index (χ1n) is 5.11. The lowest BCUT2D eigenvalue weighted by Gasteiger charge is -2.41. The van der Waals surface area contributed by atoms with E-state index < -0.39 is 21.2 Å². The van der Waals surface area contributed by atoms with E-state index >= 15 is 0 Å². The molecule has 2 rings (SSSR count). The number of ether oxygens (including phenoxy) is 1. The van der Waals surface area contributed by atoms with Crippen molar-refractivity contribution in [2.75, 3.05) is 6.61 Å². The van der Waals surface area contributed by atoms with Crippen LogP contribution in [0.3, 0.4) is 0 Å². The van der Waals surface area contributed by atoms with Crippen LogP contribution >= 0.6 is 0 Å². The van der Waals surface area contributed by atoms with Gasteiger partial charge in [-0.15, -0.1) is 0 Å². The third kappa shape index (κ3) is 2.42. The van der Waals surface area contributed by atoms with E-state index in [4.69, 9.17) is 4.74 Å². The number of alkyl halides is 3. The van der Waals surface area contributed by atoms with E-state index in [1.165, 1.54) is 6.08 Å². The number of halogens is 3. The van der Waals surface area contributed by atoms with Gasteiger partial charge in [-0.05, 0) is 25.3 Å². The SMILES string of the molecule is O=S(=O)(OC1=CC2(CCCCO2)C1)C(F)(F)F. The van der Waals surface area contributed by atoms with Gasteiger partial charge in [-0.1, -0.05) is 0 Å². The van der Waals surface area contributed by atoms with Gasteiger partial charge in [-0.2, -0.15) is 21.6 Å². The van der Waals surface area contributed by atoms with Crippen molar-refractivity contribution in [1.82, 2.24) is 0 Å². The Morgan fingerprint density at radius 2 is 2.00 bits per heavy atom. The van der Waals surface area contributed by atoms with Gasteiger partial charge in [0.05, 0.1) is 5.60 Å². The molecule has 0 aromatic carbocycles. The first kappa shape index (κ1) is 12.7. The average Bonchev–Trinajstić information content (AvgIpc) is 2.14. The first-order valence-corrected chi connectivity index (χ1v) is 6.51. The molecule has 1 unspecified atom stereocenters. The molecular formula is C9H11F3O4S. The molecule has 1 aliphatic carbocycles. The maximum absolute atomic E-state index is 12.0. The van der Waals surface area contributed by atoms with E-state index in [2.05, 4.69) is 4.18 Å². The molecule has 0 N–H and O–H groups in total. The summed E-state index contributed by atoms with van der Waals surface area (Å²) in [4.78, 5) is 0. The van der Waals surface area contributed by atoms with Crippen molar-refractivity contribution < 1.29 is 30.5 Å². The van der Waals surface area contributed by atoms with Crippen molar-refractivity contribution in [2.45, 2.75) is 36.8 Å². The van der Waals surface area contributed by atoms with Crippen molar-refractivity contribution >= 4 is 10.1 Å². The van der Waals surface area contributed by atoms with E-state index in [-0.39, 0.29) is 12.2 Å². The Kier molecular flexibility index (Phi) is 2.89. The van der Waals surface area contributed by atoms with Crippen LogP contribution in [0.25, 0.3) is 0 Å². The minimum atomic E-state index is -5.54. The lowest BCUT2D eigenvalue weighted by molar-refractivity contribution is -0.0718. The molecule has 1 heterocycles. The summed E-state index contributed by atoms with van der Waals surface area (Å²) >= 11 is 0. The molecule has 1 atom stereocenters. The Hall–Kier alpha value is -0.760. The van der Waals surface area contributed by atoms with Crippen LogP contribution in [0.1, 0.15) is 25.7 Å². The Morgan fingerprint density at radius 1 is 1.35 bits per heavy atom. The summed E-state index contributed by atoms with van der Waals surface area (Å²) in [5.41, 5.74) is -5.99. The summed E-state index contributed by atoms with van der Waals surface area (Å²) in [6.07, 6.45) is 3.92. The van der Waals surface area contributed by atoms with Crippen LogP contribution in [0.15, 0.2) is 11.8 Å². The predicted octanol–water partition coefficient (Wildman–Crippen LogP) is 2.08. The molecule has 0 saturated carbocycles. The summed E-state index contributed by atoms with van der Waals surface area (Å²) in [7, 11) is -5.54. The largest absolute Gasteiger partial charge is 0.534 e. The molecule has 0 bridgehead atoms. The molecule has 0 aromatic rings. The Labute approximate surface area is 96.5 Å². The Morgan fingerprint density at radius 3 is 2.47 bits per heavy atom. The molecule has 4 nitrogen and oxygen atoms in total. The topological polar surface area (TPSA) is 52.6 Å². The highest BCUT2D eigenvalue weighted by Gasteiger charge is 2.51. The van der Waals surface area contributed by atoms with Gasteiger partial charge in [0.1, 0.15) is 5.76 Å². The minimum absolute atomic E-state index is 0.0856. The second-order valence-corrected chi connectivity index (χ2v) is 5.68. The molecule has 0 amide bonds. The van der Waals surface area contributed by atoms with Gasteiger partial charge in [0.15, 0.2) is 0 Å². The normalized spacial score (nSPS) is 29.7. The quantitative estimate of drug-likeness (QED) is 0.570. The number of rotatable bonds is 2. The van der Waals surface area contributed by atoms with E-state index in [0.717, 1.165) is 12.8 Å². The molecular weight excluding hydrogens is 261 g/mol. The fourth-order valence-electron chi connectivity index (χ4n) is 1.93. The fraction of sp³-hybridized carbons (Fsp3) is 0.778. The van der Waals surface area contributed by atoms with Crippen LogP contribution in [0.4, 0.5) is 13.2 Å². The van der Waals surface area contributed by atoms with Gasteiger partial charge in [-0.25, -0.2) is 0 Å². The van der Waals surface area contributed by atoms with Crippen molar-refractivity contribution in [3.05, 3.63) is 11.8 Å². The standard InChI is InChI=1S/C9H11F3O4S/c10-9(11,12)17(13,14)16-7-5-8(6-7)3-1-2-4-15-8/h5H,1-4,6H2. The highest BCUT2D eigenvalue weighted by atomic mass is 32.2. The van der Waals surface area contributed by atoms with E-state index in [0.29, 0.717) is 13.0 Å². The lowest BCUT2D eigenvalue weighted by atomic mass is 9.81. The molecule has 0 radical (unpaired) electrons. The molecule has 1 fully saturated rings. The molecule has 1 saturated heterocycles. The molecule has 0 aromatic heterocycles. The van der Waals surface area contributed by atoms with Gasteiger partial charge in [0, 0.05) is 13.0 Å². The van der Waals surface area contributed by atoms with Crippen LogP contribution in [0.2, 0.25) is 0 Å². The second-order valence-electron chi connectivity index (χ2n) is 4.14. The van der Waals surface area contributed by atoms with Crippen molar-refractivity contribution in [3.8, 4) is 0 Å². The van der Waals surface area contributed by atoms with Crippen LogP contribution in [-0.2, 0) is 19.0 Å². The Bertz CT molecular complexity index is 432. The number of hydrogen-bond acceptors (Lipinski definition) is 4. The van der Waals surface area contributed by atoms with Crippen molar-refractivity contribution in [3.63, 3.8) is 0 Å². The second kappa shape index (κ2) is 3.88. The van der Waals surface area contributed by atoms with E-state index in [1.54, 1.807) is 0 Å². The van der Waals surface area contributed by atoms with Gasteiger partial charge < -0.3 is 8.92 Å². The average molecular weight is 272 g/mol. The van der Waals surface area contributed by atoms with Gasteiger partial charge in [-0.3, -0.25) is 0 Å². The van der Waals surface area contributed by atoms with E-state index in [9.17, 15) is 21.6 Å². The Balaban J connectivity index is 2.02. The highest BCUT2D eigenvalue weighted by Crippen LogP contribution is 2.43.